The van der Waals surface area contributed by atoms with E-state index in [-0.39, 0.29) is 27.2 Å². The Balaban J connectivity index is 2.09. The van der Waals surface area contributed by atoms with E-state index in [0.29, 0.717) is 28.9 Å². The van der Waals surface area contributed by atoms with Crippen LogP contribution in [0.15, 0.2) is 71.6 Å². The van der Waals surface area contributed by atoms with Crippen molar-refractivity contribution in [3.05, 3.63) is 93.5 Å². The van der Waals surface area contributed by atoms with Gasteiger partial charge in [0.2, 0.25) is 11.8 Å². The van der Waals surface area contributed by atoms with Crippen LogP contribution in [0.4, 0.5) is 18.9 Å². The predicted octanol–water partition coefficient (Wildman–Crippen LogP) is 6.46. The van der Waals surface area contributed by atoms with E-state index >= 15 is 0 Å². The number of sulfonamides is 1. The van der Waals surface area contributed by atoms with Crippen LogP contribution in [0, 0.1) is 6.92 Å². The molecule has 0 radical (unpaired) electrons. The third kappa shape index (κ3) is 8.17. The van der Waals surface area contributed by atoms with Gasteiger partial charge in [0.05, 0.1) is 26.2 Å². The second-order valence-corrected chi connectivity index (χ2v) is 12.3. The molecule has 0 spiro atoms. The number of nitrogens with one attached hydrogen (secondary N) is 1. The lowest BCUT2D eigenvalue weighted by molar-refractivity contribution is -0.139. The Bertz CT molecular complexity index is 1530. The maximum atomic E-state index is 13.9. The number of anilines is 1. The number of hydrogen-bond donors (Lipinski definition) is 1. The van der Waals surface area contributed by atoms with Gasteiger partial charge in [0.1, 0.15) is 12.6 Å². The van der Waals surface area contributed by atoms with E-state index < -0.39 is 46.2 Å². The molecule has 0 aliphatic heterocycles. The molecular formula is C29H30Cl2F3N3O4S. The highest BCUT2D eigenvalue weighted by molar-refractivity contribution is 7.92. The van der Waals surface area contributed by atoms with E-state index in [9.17, 15) is 31.2 Å². The van der Waals surface area contributed by atoms with Crippen LogP contribution in [0.3, 0.4) is 0 Å². The summed E-state index contributed by atoms with van der Waals surface area (Å²) >= 11 is 12.2. The average Bonchev–Trinajstić information content (AvgIpc) is 2.94. The van der Waals surface area contributed by atoms with Crippen molar-refractivity contribution in [1.29, 1.82) is 0 Å². The smallest absolute Gasteiger partial charge is 0.354 e. The molecule has 1 atom stereocenters. The zero-order valence-corrected chi connectivity index (χ0v) is 25.4. The molecular weight excluding hydrogens is 614 g/mol. The predicted molar refractivity (Wildman–Crippen MR) is 157 cm³/mol. The minimum absolute atomic E-state index is 0.155. The number of hydrogen-bond acceptors (Lipinski definition) is 4. The van der Waals surface area contributed by atoms with Gasteiger partial charge in [-0.25, -0.2) is 8.42 Å². The first kappa shape index (κ1) is 33.2. The topological polar surface area (TPSA) is 86.8 Å². The van der Waals surface area contributed by atoms with Crippen molar-refractivity contribution in [3.8, 4) is 0 Å². The van der Waals surface area contributed by atoms with Crippen LogP contribution >= 0.6 is 23.2 Å². The molecule has 226 valence electrons. The van der Waals surface area contributed by atoms with Gasteiger partial charge in [-0.05, 0) is 68.3 Å². The highest BCUT2D eigenvalue weighted by Gasteiger charge is 2.35. The number of carbonyl (C=O) groups excluding carboxylic acids is 2. The number of aryl methyl sites for hydroxylation is 1. The van der Waals surface area contributed by atoms with Crippen molar-refractivity contribution in [2.75, 3.05) is 17.4 Å². The highest BCUT2D eigenvalue weighted by Crippen LogP contribution is 2.33. The molecule has 3 rings (SSSR count). The maximum Gasteiger partial charge on any atom is 0.416 e. The summed E-state index contributed by atoms with van der Waals surface area (Å²) in [4.78, 5) is 27.7. The van der Waals surface area contributed by atoms with E-state index in [1.807, 2.05) is 6.92 Å². The monoisotopic (exact) mass is 643 g/mol. The van der Waals surface area contributed by atoms with E-state index in [4.69, 9.17) is 23.2 Å². The number of carbonyl (C=O) groups is 2. The van der Waals surface area contributed by atoms with Crippen LogP contribution in [0.5, 0.6) is 0 Å². The molecule has 3 aromatic rings. The van der Waals surface area contributed by atoms with Crippen LogP contribution in [0.1, 0.15) is 37.0 Å². The standard InChI is InChI=1S/C29H30Cl2F3N3O4S/c1-4-14-35-28(39)20(3)36(17-21-10-13-25(30)26(31)15-21)27(38)18-37(23-7-5-6-22(16-23)29(32,33)34)42(40,41)24-11-8-19(2)9-12-24/h5-13,15-16,20H,4,14,17-18H2,1-3H3,(H,35,39). The zero-order valence-electron chi connectivity index (χ0n) is 23.1. The molecule has 0 saturated carbocycles. The van der Waals surface area contributed by atoms with Gasteiger partial charge in [-0.15, -0.1) is 0 Å². The second-order valence-electron chi connectivity index (χ2n) is 9.61. The summed E-state index contributed by atoms with van der Waals surface area (Å²) in [6, 6.07) is 13.0. The first-order chi connectivity index (χ1) is 19.6. The summed E-state index contributed by atoms with van der Waals surface area (Å²) in [5, 5.41) is 3.18. The quantitative estimate of drug-likeness (QED) is 0.260. The molecule has 0 aliphatic rings. The minimum Gasteiger partial charge on any atom is -0.354 e. The molecule has 0 aromatic heterocycles. The molecule has 0 aliphatic carbocycles. The lowest BCUT2D eigenvalue weighted by Crippen LogP contribution is -2.51. The van der Waals surface area contributed by atoms with Crippen LogP contribution in [0.2, 0.25) is 10.0 Å². The largest absolute Gasteiger partial charge is 0.416 e. The Labute approximate surface area is 253 Å². The first-order valence-electron chi connectivity index (χ1n) is 12.9. The second kappa shape index (κ2) is 13.8. The van der Waals surface area contributed by atoms with Crippen molar-refractivity contribution in [2.45, 2.75) is 50.9 Å². The van der Waals surface area contributed by atoms with Crippen molar-refractivity contribution in [1.82, 2.24) is 10.2 Å². The normalized spacial score (nSPS) is 12.5. The summed E-state index contributed by atoms with van der Waals surface area (Å²) < 4.78 is 69.0. The van der Waals surface area contributed by atoms with Crippen LogP contribution in [-0.4, -0.2) is 44.3 Å². The van der Waals surface area contributed by atoms with Crippen molar-refractivity contribution >= 4 is 50.7 Å². The van der Waals surface area contributed by atoms with E-state index in [1.54, 1.807) is 13.0 Å². The number of benzene rings is 3. The van der Waals surface area contributed by atoms with E-state index in [2.05, 4.69) is 5.32 Å². The summed E-state index contributed by atoms with van der Waals surface area (Å²) in [7, 11) is -4.53. The van der Waals surface area contributed by atoms with Crippen LogP contribution in [0.25, 0.3) is 0 Å². The summed E-state index contributed by atoms with van der Waals surface area (Å²) in [5.74, 6) is -1.31. The summed E-state index contributed by atoms with van der Waals surface area (Å²) in [5.41, 5.74) is -0.192. The van der Waals surface area contributed by atoms with Gasteiger partial charge in [0.15, 0.2) is 0 Å². The highest BCUT2D eigenvalue weighted by atomic mass is 35.5. The minimum atomic E-state index is -4.76. The average molecular weight is 645 g/mol. The van der Waals surface area contributed by atoms with Gasteiger partial charge in [0.25, 0.3) is 10.0 Å². The molecule has 13 heteroatoms. The molecule has 3 aromatic carbocycles. The Hall–Kier alpha value is -3.28. The fourth-order valence-corrected chi connectivity index (χ4v) is 5.74. The lowest BCUT2D eigenvalue weighted by Gasteiger charge is -2.32. The van der Waals surface area contributed by atoms with Gasteiger partial charge < -0.3 is 10.2 Å². The van der Waals surface area contributed by atoms with Crippen molar-refractivity contribution in [2.24, 2.45) is 0 Å². The van der Waals surface area contributed by atoms with Crippen LogP contribution in [-0.2, 0) is 32.3 Å². The Morgan fingerprint density at radius 2 is 1.64 bits per heavy atom. The first-order valence-corrected chi connectivity index (χ1v) is 15.1. The van der Waals surface area contributed by atoms with Gasteiger partial charge in [-0.2, -0.15) is 13.2 Å². The van der Waals surface area contributed by atoms with Crippen molar-refractivity contribution < 1.29 is 31.2 Å². The van der Waals surface area contributed by atoms with Gasteiger partial charge in [-0.3, -0.25) is 13.9 Å². The fraction of sp³-hybridized carbons (Fsp3) is 0.310. The Morgan fingerprint density at radius 3 is 2.24 bits per heavy atom. The molecule has 0 saturated heterocycles. The third-order valence-corrected chi connectivity index (χ3v) is 8.93. The molecule has 7 nitrogen and oxygen atoms in total. The van der Waals surface area contributed by atoms with Gasteiger partial charge in [-0.1, -0.05) is 60.0 Å². The number of rotatable bonds is 11. The maximum absolute atomic E-state index is 13.9. The number of halogens is 5. The molecule has 2 amide bonds. The van der Waals surface area contributed by atoms with Gasteiger partial charge >= 0.3 is 6.18 Å². The van der Waals surface area contributed by atoms with Crippen LogP contribution < -0.4 is 9.62 Å². The third-order valence-electron chi connectivity index (χ3n) is 6.40. The SMILES string of the molecule is CCCNC(=O)C(C)N(Cc1ccc(Cl)c(Cl)c1)C(=O)CN(c1cccc(C(F)(F)F)c1)S(=O)(=O)c1ccc(C)cc1. The van der Waals surface area contributed by atoms with Crippen molar-refractivity contribution in [3.63, 3.8) is 0 Å². The molecule has 0 fully saturated rings. The molecule has 1 N–H and O–H groups in total. The van der Waals surface area contributed by atoms with E-state index in [0.717, 1.165) is 22.6 Å². The molecule has 0 bridgehead atoms. The number of amides is 2. The molecule has 42 heavy (non-hydrogen) atoms. The number of nitrogens with zero attached hydrogens (tertiary/aromatic N) is 2. The Morgan fingerprint density at radius 1 is 0.976 bits per heavy atom. The molecule has 1 unspecified atom stereocenters. The Kier molecular flexibility index (Phi) is 10.9. The zero-order chi connectivity index (χ0) is 31.2. The number of alkyl halides is 3. The summed E-state index contributed by atoms with van der Waals surface area (Å²) in [6.07, 6.45) is -4.12. The molecule has 0 heterocycles. The van der Waals surface area contributed by atoms with E-state index in [1.165, 1.54) is 49.4 Å². The fourth-order valence-electron chi connectivity index (χ4n) is 4.02. The lowest BCUT2D eigenvalue weighted by atomic mass is 10.1. The van der Waals surface area contributed by atoms with Gasteiger partial charge in [0, 0.05) is 13.1 Å². The summed E-state index contributed by atoms with van der Waals surface area (Å²) in [6.45, 7) is 4.38.